The van der Waals surface area contributed by atoms with Crippen molar-refractivity contribution in [3.63, 3.8) is 0 Å². The molecular formula is C14H28. The van der Waals surface area contributed by atoms with Gasteiger partial charge in [0, 0.05) is 0 Å². The van der Waals surface area contributed by atoms with E-state index in [0.29, 0.717) is 5.41 Å². The van der Waals surface area contributed by atoms with E-state index < -0.39 is 0 Å². The van der Waals surface area contributed by atoms with Crippen LogP contribution in [0.3, 0.4) is 0 Å². The summed E-state index contributed by atoms with van der Waals surface area (Å²) in [6.45, 7) is 7.17. The summed E-state index contributed by atoms with van der Waals surface area (Å²) >= 11 is 0. The van der Waals surface area contributed by atoms with E-state index in [2.05, 4.69) is 20.8 Å². The van der Waals surface area contributed by atoms with Crippen molar-refractivity contribution in [3.8, 4) is 0 Å². The fraction of sp³-hybridized carbons (Fsp3) is 1.00. The van der Waals surface area contributed by atoms with Crippen LogP contribution in [0.1, 0.15) is 78.6 Å². The zero-order valence-corrected chi connectivity index (χ0v) is 10.4. The molecule has 84 valence electrons. The SMILES string of the molecule is CCCCCCCCC1CCC1(C)C. The summed E-state index contributed by atoms with van der Waals surface area (Å²) in [7, 11) is 0. The first-order valence-corrected chi connectivity index (χ1v) is 6.67. The molecule has 1 unspecified atom stereocenters. The van der Waals surface area contributed by atoms with Crippen LogP contribution in [0, 0.1) is 11.3 Å². The highest BCUT2D eigenvalue weighted by atomic mass is 14.4. The highest BCUT2D eigenvalue weighted by Crippen LogP contribution is 2.48. The van der Waals surface area contributed by atoms with Gasteiger partial charge >= 0.3 is 0 Å². The Morgan fingerprint density at radius 3 is 2.14 bits per heavy atom. The molecule has 1 rings (SSSR count). The van der Waals surface area contributed by atoms with E-state index in [9.17, 15) is 0 Å². The first-order valence-electron chi connectivity index (χ1n) is 6.67. The van der Waals surface area contributed by atoms with Crippen LogP contribution in [-0.2, 0) is 0 Å². The lowest BCUT2D eigenvalue weighted by Gasteiger charge is -2.45. The maximum atomic E-state index is 2.44. The normalized spacial score (nSPS) is 24.6. The van der Waals surface area contributed by atoms with Crippen LogP contribution >= 0.6 is 0 Å². The minimum atomic E-state index is 0.684. The average Bonchev–Trinajstić information content (AvgIpc) is 2.15. The molecule has 1 fully saturated rings. The van der Waals surface area contributed by atoms with Gasteiger partial charge in [-0.2, -0.15) is 0 Å². The van der Waals surface area contributed by atoms with Gasteiger partial charge in [-0.15, -0.1) is 0 Å². The second-order valence-corrected chi connectivity index (χ2v) is 5.78. The molecule has 0 saturated heterocycles. The fourth-order valence-electron chi connectivity index (χ4n) is 2.63. The summed E-state index contributed by atoms with van der Waals surface area (Å²) < 4.78 is 0. The van der Waals surface area contributed by atoms with Crippen LogP contribution < -0.4 is 0 Å². The molecule has 0 amide bonds. The summed E-state index contributed by atoms with van der Waals surface area (Å²) in [6.07, 6.45) is 13.2. The molecule has 0 aromatic rings. The third-order valence-corrected chi connectivity index (χ3v) is 4.15. The van der Waals surface area contributed by atoms with Crippen LogP contribution in [0.4, 0.5) is 0 Å². The molecule has 0 heteroatoms. The highest BCUT2D eigenvalue weighted by molar-refractivity contribution is 4.88. The molecule has 0 heterocycles. The van der Waals surface area contributed by atoms with E-state index >= 15 is 0 Å². The minimum absolute atomic E-state index is 0.684. The van der Waals surface area contributed by atoms with Gasteiger partial charge in [0.25, 0.3) is 0 Å². The summed E-state index contributed by atoms with van der Waals surface area (Å²) in [5.74, 6) is 1.05. The van der Waals surface area contributed by atoms with Crippen molar-refractivity contribution in [1.82, 2.24) is 0 Å². The average molecular weight is 196 g/mol. The van der Waals surface area contributed by atoms with Gasteiger partial charge in [0.05, 0.1) is 0 Å². The van der Waals surface area contributed by atoms with Crippen LogP contribution in [0.2, 0.25) is 0 Å². The summed E-state index contributed by atoms with van der Waals surface area (Å²) in [5.41, 5.74) is 0.684. The molecule has 0 bridgehead atoms. The molecule has 0 radical (unpaired) electrons. The topological polar surface area (TPSA) is 0 Å². The van der Waals surface area contributed by atoms with Crippen molar-refractivity contribution in [3.05, 3.63) is 0 Å². The summed E-state index contributed by atoms with van der Waals surface area (Å²) in [6, 6.07) is 0. The standard InChI is InChI=1S/C14H28/c1-4-5-6-7-8-9-10-13-11-12-14(13,2)3/h13H,4-12H2,1-3H3. The predicted octanol–water partition coefficient (Wildman–Crippen LogP) is 5.17. The first kappa shape index (κ1) is 12.1. The Morgan fingerprint density at radius 2 is 1.64 bits per heavy atom. The maximum Gasteiger partial charge on any atom is -0.0326 e. The number of hydrogen-bond donors (Lipinski definition) is 0. The van der Waals surface area contributed by atoms with Crippen molar-refractivity contribution < 1.29 is 0 Å². The Bertz CT molecular complexity index is 146. The Hall–Kier alpha value is 0. The maximum absolute atomic E-state index is 2.44. The van der Waals surface area contributed by atoms with Gasteiger partial charge in [-0.3, -0.25) is 0 Å². The fourth-order valence-corrected chi connectivity index (χ4v) is 2.63. The molecule has 0 aromatic heterocycles. The van der Waals surface area contributed by atoms with Crippen molar-refractivity contribution in [2.45, 2.75) is 78.6 Å². The Labute approximate surface area is 90.5 Å². The van der Waals surface area contributed by atoms with Gasteiger partial charge in [-0.05, 0) is 30.6 Å². The molecule has 14 heavy (non-hydrogen) atoms. The highest BCUT2D eigenvalue weighted by Gasteiger charge is 2.37. The molecular weight excluding hydrogens is 168 g/mol. The molecule has 0 aromatic carbocycles. The van der Waals surface area contributed by atoms with Crippen molar-refractivity contribution in [1.29, 1.82) is 0 Å². The molecule has 1 aliphatic carbocycles. The van der Waals surface area contributed by atoms with Gasteiger partial charge < -0.3 is 0 Å². The van der Waals surface area contributed by atoms with E-state index in [1.54, 1.807) is 0 Å². The van der Waals surface area contributed by atoms with Gasteiger partial charge in [0.15, 0.2) is 0 Å². The third kappa shape index (κ3) is 3.63. The smallest absolute Gasteiger partial charge is 0.0326 e. The zero-order valence-electron chi connectivity index (χ0n) is 10.4. The lowest BCUT2D eigenvalue weighted by Crippen LogP contribution is -2.34. The van der Waals surface area contributed by atoms with Crippen LogP contribution in [0.15, 0.2) is 0 Å². The monoisotopic (exact) mass is 196 g/mol. The Kier molecular flexibility index (Phi) is 4.98. The van der Waals surface area contributed by atoms with Crippen molar-refractivity contribution in [2.75, 3.05) is 0 Å². The number of hydrogen-bond acceptors (Lipinski definition) is 0. The van der Waals surface area contributed by atoms with Gasteiger partial charge in [-0.25, -0.2) is 0 Å². The number of unbranched alkanes of at least 4 members (excludes halogenated alkanes) is 5. The number of rotatable bonds is 7. The molecule has 1 aliphatic rings. The molecule has 0 N–H and O–H groups in total. The second kappa shape index (κ2) is 5.78. The molecule has 0 aliphatic heterocycles. The summed E-state index contributed by atoms with van der Waals surface area (Å²) in [4.78, 5) is 0. The van der Waals surface area contributed by atoms with E-state index in [0.717, 1.165) is 5.92 Å². The van der Waals surface area contributed by atoms with Gasteiger partial charge in [0.1, 0.15) is 0 Å². The van der Waals surface area contributed by atoms with Crippen molar-refractivity contribution in [2.24, 2.45) is 11.3 Å². The Morgan fingerprint density at radius 1 is 1.00 bits per heavy atom. The third-order valence-electron chi connectivity index (χ3n) is 4.15. The first-order chi connectivity index (χ1) is 6.67. The zero-order chi connectivity index (χ0) is 10.4. The van der Waals surface area contributed by atoms with Gasteiger partial charge in [-0.1, -0.05) is 59.3 Å². The largest absolute Gasteiger partial charge is 0.0654 e. The molecule has 0 spiro atoms. The minimum Gasteiger partial charge on any atom is -0.0654 e. The van der Waals surface area contributed by atoms with E-state index in [4.69, 9.17) is 0 Å². The lowest BCUT2D eigenvalue weighted by atomic mass is 9.61. The molecule has 0 nitrogen and oxygen atoms in total. The summed E-state index contributed by atoms with van der Waals surface area (Å²) in [5, 5.41) is 0. The van der Waals surface area contributed by atoms with Crippen LogP contribution in [0.5, 0.6) is 0 Å². The predicted molar refractivity (Wildman–Crippen MR) is 64.5 cm³/mol. The van der Waals surface area contributed by atoms with E-state index in [1.807, 2.05) is 0 Å². The van der Waals surface area contributed by atoms with E-state index in [1.165, 1.54) is 57.8 Å². The Balaban J connectivity index is 1.89. The van der Waals surface area contributed by atoms with Crippen LogP contribution in [0.25, 0.3) is 0 Å². The van der Waals surface area contributed by atoms with Crippen LogP contribution in [-0.4, -0.2) is 0 Å². The molecule has 1 saturated carbocycles. The van der Waals surface area contributed by atoms with Crippen molar-refractivity contribution >= 4 is 0 Å². The second-order valence-electron chi connectivity index (χ2n) is 5.78. The van der Waals surface area contributed by atoms with E-state index in [-0.39, 0.29) is 0 Å². The molecule has 1 atom stereocenters. The van der Waals surface area contributed by atoms with Gasteiger partial charge in [0.2, 0.25) is 0 Å². The quantitative estimate of drug-likeness (QED) is 0.493. The lowest BCUT2D eigenvalue weighted by molar-refractivity contribution is 0.0622.